The molecule has 0 spiro atoms. The first-order valence-electron chi connectivity index (χ1n) is 9.29. The highest BCUT2D eigenvalue weighted by Gasteiger charge is 2.42. The molecule has 3 aromatic carbocycles. The fourth-order valence-corrected chi connectivity index (χ4v) is 4.64. The summed E-state index contributed by atoms with van der Waals surface area (Å²) in [6.07, 6.45) is -0.827. The molecule has 3 rings (SSSR count). The van der Waals surface area contributed by atoms with Crippen LogP contribution in [-0.4, -0.2) is 19.0 Å². The molecule has 4 N–H and O–H groups in total. The van der Waals surface area contributed by atoms with Crippen molar-refractivity contribution in [2.75, 3.05) is 7.11 Å². The van der Waals surface area contributed by atoms with E-state index >= 15 is 0 Å². The summed E-state index contributed by atoms with van der Waals surface area (Å²) in [6.45, 7) is 0. The third-order valence-corrected chi connectivity index (χ3v) is 6.21. The number of hydrogen-bond donors (Lipinski definition) is 3. The second-order valence-electron chi connectivity index (χ2n) is 6.43. The largest absolute Gasteiger partial charge is 0.457 e. The van der Waals surface area contributed by atoms with Crippen LogP contribution in [0, 0.1) is 5.41 Å². The topological polar surface area (TPSA) is 124 Å². The second kappa shape index (κ2) is 9.82. The molecule has 3 aromatic rings. The van der Waals surface area contributed by atoms with Gasteiger partial charge in [-0.1, -0.05) is 54.6 Å². The van der Waals surface area contributed by atoms with E-state index in [4.69, 9.17) is 24.9 Å². The normalized spacial score (nSPS) is 11.8. The first kappa shape index (κ1) is 21.9. The molecule has 0 aliphatic heterocycles. The van der Waals surface area contributed by atoms with E-state index < -0.39 is 19.5 Å². The fourth-order valence-electron chi connectivity index (χ4n) is 2.77. The number of nitrogens with two attached hydrogens (primary N) is 1. The van der Waals surface area contributed by atoms with Crippen LogP contribution < -0.4 is 20.1 Å². The number of para-hydroxylation sites is 2. The van der Waals surface area contributed by atoms with Gasteiger partial charge in [-0.25, -0.2) is 9.36 Å². The lowest BCUT2D eigenvalue weighted by Gasteiger charge is -2.28. The third kappa shape index (κ3) is 5.65. The van der Waals surface area contributed by atoms with Crippen LogP contribution in [0.4, 0.5) is 4.79 Å². The Balaban J connectivity index is 2.11. The molecular formula is C22H22N3O5P. The molecule has 31 heavy (non-hydrogen) atoms. The van der Waals surface area contributed by atoms with E-state index in [-0.39, 0.29) is 5.84 Å². The van der Waals surface area contributed by atoms with E-state index in [0.29, 0.717) is 22.6 Å². The van der Waals surface area contributed by atoms with E-state index in [1.807, 2.05) is 0 Å². The van der Waals surface area contributed by atoms with E-state index in [1.165, 1.54) is 13.2 Å². The number of rotatable bonds is 8. The summed E-state index contributed by atoms with van der Waals surface area (Å²) in [7, 11) is -2.94. The lowest BCUT2D eigenvalue weighted by molar-refractivity contribution is 0.168. The van der Waals surface area contributed by atoms with Gasteiger partial charge >= 0.3 is 13.7 Å². The van der Waals surface area contributed by atoms with E-state index in [0.717, 1.165) is 0 Å². The molecule has 0 heterocycles. The SMILES string of the molecule is COC(=O)NC(c1cccc(C(=N)N)c1)P(=O)(Oc1ccccc1)Oc1ccccc1. The van der Waals surface area contributed by atoms with Crippen LogP contribution in [0.2, 0.25) is 0 Å². The van der Waals surface area contributed by atoms with Crippen LogP contribution in [0.3, 0.4) is 0 Å². The van der Waals surface area contributed by atoms with Crippen molar-refractivity contribution < 1.29 is 23.1 Å². The first-order valence-corrected chi connectivity index (χ1v) is 10.9. The van der Waals surface area contributed by atoms with Crippen molar-refractivity contribution in [1.29, 1.82) is 5.41 Å². The molecule has 0 radical (unpaired) electrons. The number of benzene rings is 3. The van der Waals surface area contributed by atoms with Gasteiger partial charge < -0.3 is 24.8 Å². The summed E-state index contributed by atoms with van der Waals surface area (Å²) in [6, 6.07) is 23.4. The van der Waals surface area contributed by atoms with Gasteiger partial charge in [0.25, 0.3) is 0 Å². The van der Waals surface area contributed by atoms with Crippen molar-refractivity contribution in [3.8, 4) is 11.5 Å². The van der Waals surface area contributed by atoms with Crippen molar-refractivity contribution in [3.63, 3.8) is 0 Å². The van der Waals surface area contributed by atoms with Gasteiger partial charge in [-0.15, -0.1) is 0 Å². The Morgan fingerprint density at radius 3 is 1.97 bits per heavy atom. The number of hydrogen-bond acceptors (Lipinski definition) is 6. The molecule has 0 bridgehead atoms. The van der Waals surface area contributed by atoms with Crippen molar-refractivity contribution in [2.24, 2.45) is 5.73 Å². The van der Waals surface area contributed by atoms with Gasteiger partial charge in [0.2, 0.25) is 0 Å². The van der Waals surface area contributed by atoms with Crippen LogP contribution in [0.15, 0.2) is 84.9 Å². The summed E-state index contributed by atoms with van der Waals surface area (Å²) < 4.78 is 30.6. The number of carbonyl (C=O) groups excluding carboxylic acids is 1. The molecular weight excluding hydrogens is 417 g/mol. The Kier molecular flexibility index (Phi) is 6.95. The summed E-state index contributed by atoms with van der Waals surface area (Å²) in [5.41, 5.74) is 6.36. The number of nitrogens with one attached hydrogen (secondary N) is 2. The molecule has 1 unspecified atom stereocenters. The molecule has 160 valence electrons. The molecule has 8 nitrogen and oxygen atoms in total. The summed E-state index contributed by atoms with van der Waals surface area (Å²) >= 11 is 0. The van der Waals surface area contributed by atoms with Crippen molar-refractivity contribution in [2.45, 2.75) is 5.78 Å². The molecule has 0 fully saturated rings. The van der Waals surface area contributed by atoms with Crippen molar-refractivity contribution in [1.82, 2.24) is 5.32 Å². The standard InChI is InChI=1S/C22H22N3O5P/c1-28-22(26)25-21(17-10-8-9-16(15-17)20(23)24)31(27,29-18-11-4-2-5-12-18)30-19-13-6-3-7-14-19/h2-15,21H,1H3,(H3,23,24)(H,25,26). The number of carbonyl (C=O) groups is 1. The average molecular weight is 439 g/mol. The quantitative estimate of drug-likeness (QED) is 0.266. The summed E-state index contributed by atoms with van der Waals surface area (Å²) in [4.78, 5) is 12.1. The number of amidine groups is 1. The highest BCUT2D eigenvalue weighted by Crippen LogP contribution is 2.59. The van der Waals surface area contributed by atoms with E-state index in [9.17, 15) is 9.36 Å². The highest BCUT2D eigenvalue weighted by molar-refractivity contribution is 7.55. The van der Waals surface area contributed by atoms with Gasteiger partial charge in [0, 0.05) is 5.56 Å². The van der Waals surface area contributed by atoms with Gasteiger partial charge in [-0.3, -0.25) is 5.41 Å². The Bertz CT molecular complexity index is 1050. The minimum Gasteiger partial charge on any atom is -0.453 e. The highest BCUT2D eigenvalue weighted by atomic mass is 31.2. The van der Waals surface area contributed by atoms with E-state index in [1.54, 1.807) is 78.9 Å². The predicted octanol–water partition coefficient (Wildman–Crippen LogP) is 4.68. The molecule has 0 aliphatic rings. The van der Waals surface area contributed by atoms with Gasteiger partial charge in [0.05, 0.1) is 7.11 Å². The second-order valence-corrected chi connectivity index (χ2v) is 8.39. The van der Waals surface area contributed by atoms with Crippen LogP contribution in [-0.2, 0) is 9.30 Å². The molecule has 9 heteroatoms. The average Bonchev–Trinajstić information content (AvgIpc) is 2.78. The predicted molar refractivity (Wildman–Crippen MR) is 117 cm³/mol. The molecule has 1 amide bonds. The number of nitrogen functional groups attached to an aromatic ring is 1. The van der Waals surface area contributed by atoms with Gasteiger partial charge in [0.1, 0.15) is 17.3 Å². The smallest absolute Gasteiger partial charge is 0.453 e. The number of methoxy groups -OCH3 is 1. The van der Waals surface area contributed by atoms with Gasteiger partial charge in [-0.2, -0.15) is 0 Å². The molecule has 0 aliphatic carbocycles. The van der Waals surface area contributed by atoms with Gasteiger partial charge in [-0.05, 0) is 35.9 Å². The Hall–Kier alpha value is -3.77. The third-order valence-electron chi connectivity index (χ3n) is 4.22. The monoisotopic (exact) mass is 439 g/mol. The first-order chi connectivity index (χ1) is 14.9. The van der Waals surface area contributed by atoms with Crippen LogP contribution in [0.1, 0.15) is 16.9 Å². The van der Waals surface area contributed by atoms with Crippen LogP contribution in [0.25, 0.3) is 0 Å². The molecule has 1 atom stereocenters. The lowest BCUT2D eigenvalue weighted by atomic mass is 10.1. The molecule has 0 saturated carbocycles. The maximum Gasteiger partial charge on any atom is 0.457 e. The van der Waals surface area contributed by atoms with Crippen LogP contribution in [0.5, 0.6) is 11.5 Å². The van der Waals surface area contributed by atoms with Gasteiger partial charge in [0.15, 0.2) is 5.78 Å². The molecule has 0 saturated heterocycles. The zero-order chi connectivity index (χ0) is 22.3. The number of alkyl carbamates (subject to hydrolysis) is 1. The Labute approximate surface area is 180 Å². The van der Waals surface area contributed by atoms with Crippen LogP contribution >= 0.6 is 7.60 Å². The Morgan fingerprint density at radius 2 is 1.48 bits per heavy atom. The summed E-state index contributed by atoms with van der Waals surface area (Å²) in [5, 5.41) is 10.2. The van der Waals surface area contributed by atoms with Crippen molar-refractivity contribution in [3.05, 3.63) is 96.1 Å². The zero-order valence-corrected chi connectivity index (χ0v) is 17.6. The zero-order valence-electron chi connectivity index (χ0n) is 16.7. The maximum atomic E-state index is 14.2. The minimum atomic E-state index is -4.14. The number of ether oxygens (including phenoxy) is 1. The Morgan fingerprint density at radius 1 is 0.935 bits per heavy atom. The van der Waals surface area contributed by atoms with Crippen molar-refractivity contribution >= 4 is 19.5 Å². The fraction of sp³-hybridized carbons (Fsp3) is 0.0909. The maximum absolute atomic E-state index is 14.2. The number of amides is 1. The van der Waals surface area contributed by atoms with E-state index in [2.05, 4.69) is 5.32 Å². The summed E-state index contributed by atoms with van der Waals surface area (Å²) in [5.74, 6) is -0.844. The molecule has 0 aromatic heterocycles. The minimum absolute atomic E-state index is 0.179. The lowest BCUT2D eigenvalue weighted by Crippen LogP contribution is -2.31.